The Morgan fingerprint density at radius 2 is 1.76 bits per heavy atom. The first-order valence-electron chi connectivity index (χ1n) is 9.24. The number of hydrogen-bond donors (Lipinski definition) is 2. The molecule has 2 atom stereocenters. The number of aliphatic imine (C=N–C) groups is 1. The normalized spacial score (nSPS) is 28.6. The number of nitrogens with one attached hydrogen (secondary N) is 2. The van der Waals surface area contributed by atoms with E-state index < -0.39 is 5.66 Å². The quantitative estimate of drug-likeness (QED) is 0.866. The molecule has 1 aromatic carbocycles. The standard InChI is InChI=1S/C20H32N4O/c1-18(2,3)20(15-10-8-7-9-11-15)23-17(16-14-21-12-13-22-16)25-24(20)19(4,5)6/h7-11,16,21-22H,12-14H2,1-6H3. The molecule has 138 valence electrons. The summed E-state index contributed by atoms with van der Waals surface area (Å²) in [5.41, 5.74) is 0.249. The molecule has 0 amide bonds. The van der Waals surface area contributed by atoms with Gasteiger partial charge in [-0.1, -0.05) is 51.1 Å². The van der Waals surface area contributed by atoms with Crippen molar-refractivity contribution in [3.63, 3.8) is 0 Å². The zero-order valence-corrected chi connectivity index (χ0v) is 16.4. The highest BCUT2D eigenvalue weighted by Gasteiger charge is 2.58. The molecule has 2 heterocycles. The molecule has 0 radical (unpaired) electrons. The summed E-state index contributed by atoms with van der Waals surface area (Å²) in [5, 5.41) is 9.06. The average Bonchev–Trinajstić information content (AvgIpc) is 2.99. The molecule has 1 fully saturated rings. The van der Waals surface area contributed by atoms with Gasteiger partial charge < -0.3 is 15.5 Å². The monoisotopic (exact) mass is 344 g/mol. The average molecular weight is 345 g/mol. The van der Waals surface area contributed by atoms with E-state index >= 15 is 0 Å². The summed E-state index contributed by atoms with van der Waals surface area (Å²) in [6.07, 6.45) is 0. The minimum atomic E-state index is -0.568. The van der Waals surface area contributed by atoms with Crippen LogP contribution in [0.3, 0.4) is 0 Å². The first-order valence-corrected chi connectivity index (χ1v) is 9.24. The molecule has 0 aliphatic carbocycles. The smallest absolute Gasteiger partial charge is 0.230 e. The summed E-state index contributed by atoms with van der Waals surface area (Å²) in [7, 11) is 0. The minimum Gasteiger partial charge on any atom is -0.386 e. The van der Waals surface area contributed by atoms with E-state index in [4.69, 9.17) is 9.83 Å². The van der Waals surface area contributed by atoms with E-state index in [0.29, 0.717) is 0 Å². The SMILES string of the molecule is CC(C)(C)N1OC(C2CNCCN2)=NC1(c1ccccc1)C(C)(C)C. The maximum Gasteiger partial charge on any atom is 0.230 e. The zero-order chi connectivity index (χ0) is 18.3. The van der Waals surface area contributed by atoms with Crippen LogP contribution in [-0.2, 0) is 10.5 Å². The van der Waals surface area contributed by atoms with Crippen molar-refractivity contribution in [1.82, 2.24) is 15.7 Å². The number of nitrogens with zero attached hydrogens (tertiary/aromatic N) is 2. The summed E-state index contributed by atoms with van der Waals surface area (Å²) < 4.78 is 0. The van der Waals surface area contributed by atoms with Crippen molar-refractivity contribution in [2.75, 3.05) is 19.6 Å². The van der Waals surface area contributed by atoms with Crippen LogP contribution >= 0.6 is 0 Å². The van der Waals surface area contributed by atoms with Crippen molar-refractivity contribution in [1.29, 1.82) is 0 Å². The van der Waals surface area contributed by atoms with Crippen LogP contribution in [0.25, 0.3) is 0 Å². The highest BCUT2D eigenvalue weighted by molar-refractivity contribution is 5.84. The van der Waals surface area contributed by atoms with Crippen LogP contribution in [0.1, 0.15) is 47.1 Å². The molecule has 1 saturated heterocycles. The molecular formula is C20H32N4O. The van der Waals surface area contributed by atoms with Gasteiger partial charge in [0.15, 0.2) is 5.66 Å². The summed E-state index contributed by atoms with van der Waals surface area (Å²) in [6.45, 7) is 16.0. The van der Waals surface area contributed by atoms with Crippen molar-refractivity contribution < 1.29 is 4.84 Å². The van der Waals surface area contributed by atoms with E-state index in [0.717, 1.165) is 31.1 Å². The Labute approximate surface area is 151 Å². The van der Waals surface area contributed by atoms with Gasteiger partial charge in [0, 0.05) is 25.0 Å². The molecule has 2 unspecified atom stereocenters. The van der Waals surface area contributed by atoms with Gasteiger partial charge >= 0.3 is 0 Å². The van der Waals surface area contributed by atoms with Crippen molar-refractivity contribution in [3.05, 3.63) is 35.9 Å². The van der Waals surface area contributed by atoms with Crippen molar-refractivity contribution in [2.24, 2.45) is 10.4 Å². The lowest BCUT2D eigenvalue weighted by atomic mass is 9.74. The summed E-state index contributed by atoms with van der Waals surface area (Å²) >= 11 is 0. The fourth-order valence-corrected chi connectivity index (χ4v) is 3.73. The maximum absolute atomic E-state index is 6.44. The fraction of sp³-hybridized carbons (Fsp3) is 0.650. The molecule has 25 heavy (non-hydrogen) atoms. The second-order valence-electron chi connectivity index (χ2n) is 9.01. The molecule has 3 rings (SSSR count). The molecule has 5 nitrogen and oxygen atoms in total. The van der Waals surface area contributed by atoms with E-state index in [2.05, 4.69) is 81.5 Å². The summed E-state index contributed by atoms with van der Waals surface area (Å²) in [6, 6.07) is 10.6. The fourth-order valence-electron chi connectivity index (χ4n) is 3.73. The van der Waals surface area contributed by atoms with Gasteiger partial charge in [-0.15, -0.1) is 5.06 Å². The number of hydroxylamine groups is 2. The van der Waals surface area contributed by atoms with Crippen molar-refractivity contribution in [2.45, 2.75) is 58.8 Å². The summed E-state index contributed by atoms with van der Waals surface area (Å²) in [4.78, 5) is 11.7. The Bertz CT molecular complexity index is 623. The van der Waals surface area contributed by atoms with Crippen LogP contribution in [0, 0.1) is 5.41 Å². The lowest BCUT2D eigenvalue weighted by molar-refractivity contribution is -0.225. The third-order valence-electron chi connectivity index (χ3n) is 4.92. The Balaban J connectivity index is 2.14. The van der Waals surface area contributed by atoms with Gasteiger partial charge in [0.2, 0.25) is 5.90 Å². The van der Waals surface area contributed by atoms with E-state index in [9.17, 15) is 0 Å². The topological polar surface area (TPSA) is 48.9 Å². The number of hydrogen-bond acceptors (Lipinski definition) is 5. The van der Waals surface area contributed by atoms with Crippen LogP contribution in [0.15, 0.2) is 35.3 Å². The minimum absolute atomic E-state index is 0.103. The molecular weight excluding hydrogens is 312 g/mol. The van der Waals surface area contributed by atoms with Gasteiger partial charge in [0.1, 0.15) is 0 Å². The number of piperazine rings is 1. The maximum atomic E-state index is 6.44. The predicted octanol–water partition coefficient (Wildman–Crippen LogP) is 2.89. The zero-order valence-electron chi connectivity index (χ0n) is 16.4. The van der Waals surface area contributed by atoms with E-state index in [1.807, 2.05) is 6.07 Å². The van der Waals surface area contributed by atoms with Crippen molar-refractivity contribution >= 4 is 5.90 Å². The highest BCUT2D eigenvalue weighted by Crippen LogP contribution is 2.51. The van der Waals surface area contributed by atoms with Crippen LogP contribution in [0.4, 0.5) is 0 Å². The van der Waals surface area contributed by atoms with Crippen LogP contribution in [0.5, 0.6) is 0 Å². The second kappa shape index (κ2) is 6.38. The number of rotatable bonds is 2. The lowest BCUT2D eigenvalue weighted by Gasteiger charge is -2.48. The van der Waals surface area contributed by atoms with Gasteiger partial charge in [-0.05, 0) is 26.3 Å². The largest absolute Gasteiger partial charge is 0.386 e. The molecule has 2 N–H and O–H groups in total. The van der Waals surface area contributed by atoms with E-state index in [1.54, 1.807) is 0 Å². The van der Waals surface area contributed by atoms with Crippen LogP contribution in [0.2, 0.25) is 0 Å². The molecule has 5 heteroatoms. The second-order valence-corrected chi connectivity index (χ2v) is 9.01. The molecule has 0 saturated carbocycles. The Hall–Kier alpha value is -1.43. The molecule has 2 aliphatic rings. The lowest BCUT2D eigenvalue weighted by Crippen LogP contribution is -2.57. The van der Waals surface area contributed by atoms with E-state index in [1.165, 1.54) is 0 Å². The van der Waals surface area contributed by atoms with Gasteiger partial charge in [-0.25, -0.2) is 4.99 Å². The van der Waals surface area contributed by atoms with Gasteiger partial charge in [-0.2, -0.15) is 0 Å². The molecule has 0 aromatic heterocycles. The molecule has 0 bridgehead atoms. The third-order valence-corrected chi connectivity index (χ3v) is 4.92. The van der Waals surface area contributed by atoms with Gasteiger partial charge in [0.25, 0.3) is 0 Å². The van der Waals surface area contributed by atoms with Crippen molar-refractivity contribution in [3.8, 4) is 0 Å². The van der Waals surface area contributed by atoms with E-state index in [-0.39, 0.29) is 17.0 Å². The first kappa shape index (κ1) is 18.4. The Morgan fingerprint density at radius 3 is 2.28 bits per heavy atom. The first-order chi connectivity index (χ1) is 11.7. The molecule has 0 spiro atoms. The van der Waals surface area contributed by atoms with Crippen LogP contribution in [-0.4, -0.2) is 42.2 Å². The highest BCUT2D eigenvalue weighted by atomic mass is 16.7. The Kier molecular flexibility index (Phi) is 4.69. The predicted molar refractivity (Wildman–Crippen MR) is 102 cm³/mol. The summed E-state index contributed by atoms with van der Waals surface area (Å²) in [5.74, 6) is 0.779. The van der Waals surface area contributed by atoms with Gasteiger partial charge in [-0.3, -0.25) is 0 Å². The van der Waals surface area contributed by atoms with Crippen LogP contribution < -0.4 is 10.6 Å². The molecule has 1 aromatic rings. The Morgan fingerprint density at radius 1 is 1.08 bits per heavy atom. The third kappa shape index (κ3) is 3.21. The molecule has 2 aliphatic heterocycles. The van der Waals surface area contributed by atoms with Gasteiger partial charge in [0.05, 0.1) is 11.6 Å². The number of benzene rings is 1.